The number of hydrogen-bond acceptors (Lipinski definition) is 2. The van der Waals surface area contributed by atoms with Gasteiger partial charge in [-0.25, -0.2) is 0 Å². The van der Waals surface area contributed by atoms with E-state index >= 15 is 0 Å². The molecule has 0 aromatic carbocycles. The zero-order chi connectivity index (χ0) is 5.28. The highest BCUT2D eigenvalue weighted by atomic mass is 32.2. The minimum Gasteiger partial charge on any atom is -0.305 e. The summed E-state index contributed by atoms with van der Waals surface area (Å²) in [4.78, 5) is 0. The van der Waals surface area contributed by atoms with E-state index in [1.807, 2.05) is 11.8 Å². The maximum atomic E-state index is 3.31. The zero-order valence-corrected chi connectivity index (χ0v) is 5.59. The van der Waals surface area contributed by atoms with Crippen molar-refractivity contribution in [2.75, 3.05) is 12.8 Å². The number of hydrogen-bond donors (Lipinski definition) is 1. The molecule has 7 heavy (non-hydrogen) atoms. The van der Waals surface area contributed by atoms with E-state index < -0.39 is 0 Å². The molecule has 0 radical (unpaired) electrons. The number of rotatable bonds is 1. The van der Waals surface area contributed by atoms with Crippen LogP contribution in [-0.4, -0.2) is 18.2 Å². The Kier molecular flexibility index (Phi) is 1.60. The standard InChI is InChI=1S/C5H11NS/c1-4-3-6-5(4)7-2/h4-6H,3H2,1-2H3. The van der Waals surface area contributed by atoms with Gasteiger partial charge in [0.2, 0.25) is 0 Å². The van der Waals surface area contributed by atoms with Crippen molar-refractivity contribution in [2.45, 2.75) is 12.3 Å². The Morgan fingerprint density at radius 3 is 2.43 bits per heavy atom. The van der Waals surface area contributed by atoms with Gasteiger partial charge in [-0.3, -0.25) is 0 Å². The second kappa shape index (κ2) is 2.05. The van der Waals surface area contributed by atoms with Gasteiger partial charge in [0.05, 0.1) is 5.37 Å². The van der Waals surface area contributed by atoms with Crippen molar-refractivity contribution in [1.29, 1.82) is 0 Å². The van der Waals surface area contributed by atoms with Crippen LogP contribution >= 0.6 is 11.8 Å². The predicted octanol–water partition coefficient (Wildman–Crippen LogP) is 0.915. The normalized spacial score (nSPS) is 40.3. The van der Waals surface area contributed by atoms with Crippen molar-refractivity contribution in [1.82, 2.24) is 5.32 Å². The summed E-state index contributed by atoms with van der Waals surface area (Å²) in [6.45, 7) is 3.49. The average Bonchev–Trinajstić information content (AvgIpc) is 1.65. The lowest BCUT2D eigenvalue weighted by Gasteiger charge is -2.33. The van der Waals surface area contributed by atoms with E-state index in [1.54, 1.807) is 0 Å². The van der Waals surface area contributed by atoms with Crippen molar-refractivity contribution >= 4 is 11.8 Å². The highest BCUT2D eigenvalue weighted by molar-refractivity contribution is 7.99. The first kappa shape index (κ1) is 5.45. The molecule has 1 fully saturated rings. The van der Waals surface area contributed by atoms with Crippen molar-refractivity contribution in [2.24, 2.45) is 5.92 Å². The summed E-state index contributed by atoms with van der Waals surface area (Å²) in [5, 5.41) is 4.06. The molecule has 0 aliphatic carbocycles. The molecule has 1 heterocycles. The molecule has 1 aliphatic heterocycles. The van der Waals surface area contributed by atoms with Crippen molar-refractivity contribution in [3.63, 3.8) is 0 Å². The summed E-state index contributed by atoms with van der Waals surface area (Å²) >= 11 is 1.91. The summed E-state index contributed by atoms with van der Waals surface area (Å²) in [5.41, 5.74) is 0. The molecule has 0 aromatic heterocycles. The van der Waals surface area contributed by atoms with Gasteiger partial charge in [-0.2, -0.15) is 0 Å². The van der Waals surface area contributed by atoms with Crippen molar-refractivity contribution in [3.05, 3.63) is 0 Å². The average molecular weight is 117 g/mol. The fraction of sp³-hybridized carbons (Fsp3) is 1.00. The summed E-state index contributed by atoms with van der Waals surface area (Å²) in [7, 11) is 0. The third-order valence-corrected chi connectivity index (χ3v) is 2.55. The molecule has 0 bridgehead atoms. The lowest BCUT2D eigenvalue weighted by molar-refractivity contribution is 0.344. The highest BCUT2D eigenvalue weighted by Crippen LogP contribution is 2.20. The first-order valence-electron chi connectivity index (χ1n) is 2.61. The van der Waals surface area contributed by atoms with Gasteiger partial charge < -0.3 is 5.32 Å². The third-order valence-electron chi connectivity index (χ3n) is 1.41. The van der Waals surface area contributed by atoms with Crippen LogP contribution in [0.2, 0.25) is 0 Å². The molecule has 1 aliphatic rings. The largest absolute Gasteiger partial charge is 0.305 e. The van der Waals surface area contributed by atoms with E-state index in [9.17, 15) is 0 Å². The van der Waals surface area contributed by atoms with Crippen molar-refractivity contribution < 1.29 is 0 Å². The van der Waals surface area contributed by atoms with Gasteiger partial charge in [-0.15, -0.1) is 11.8 Å². The van der Waals surface area contributed by atoms with E-state index in [0.29, 0.717) is 0 Å². The Morgan fingerprint density at radius 1 is 1.71 bits per heavy atom. The monoisotopic (exact) mass is 117 g/mol. The summed E-state index contributed by atoms with van der Waals surface area (Å²) in [6, 6.07) is 0. The van der Waals surface area contributed by atoms with Crippen molar-refractivity contribution in [3.8, 4) is 0 Å². The van der Waals surface area contributed by atoms with E-state index in [-0.39, 0.29) is 0 Å². The molecule has 1 nitrogen and oxygen atoms in total. The lowest BCUT2D eigenvalue weighted by atomic mass is 10.1. The summed E-state index contributed by atoms with van der Waals surface area (Å²) < 4.78 is 0. The smallest absolute Gasteiger partial charge is 0.0567 e. The molecule has 0 amide bonds. The Morgan fingerprint density at radius 2 is 2.43 bits per heavy atom. The van der Waals surface area contributed by atoms with Crippen LogP contribution < -0.4 is 5.32 Å². The van der Waals surface area contributed by atoms with Gasteiger partial charge in [0.25, 0.3) is 0 Å². The first-order chi connectivity index (χ1) is 3.34. The van der Waals surface area contributed by atoms with Crippen LogP contribution in [0, 0.1) is 5.92 Å². The quantitative estimate of drug-likeness (QED) is 0.548. The SMILES string of the molecule is CSC1NCC1C. The van der Waals surface area contributed by atoms with Crippen LogP contribution in [-0.2, 0) is 0 Å². The van der Waals surface area contributed by atoms with Crippen LogP contribution in [0.15, 0.2) is 0 Å². The molecule has 1 saturated heterocycles. The second-order valence-corrected chi connectivity index (χ2v) is 3.02. The molecule has 0 spiro atoms. The second-order valence-electron chi connectivity index (χ2n) is 2.04. The van der Waals surface area contributed by atoms with Crippen LogP contribution in [0.25, 0.3) is 0 Å². The molecule has 1 rings (SSSR count). The van der Waals surface area contributed by atoms with E-state index in [1.165, 1.54) is 6.54 Å². The third kappa shape index (κ3) is 0.916. The van der Waals surface area contributed by atoms with Gasteiger partial charge in [0.1, 0.15) is 0 Å². The maximum Gasteiger partial charge on any atom is 0.0567 e. The molecular weight excluding hydrogens is 106 g/mol. The predicted molar refractivity (Wildman–Crippen MR) is 34.5 cm³/mol. The molecule has 2 heteroatoms. The van der Waals surface area contributed by atoms with Gasteiger partial charge in [-0.1, -0.05) is 6.92 Å². The van der Waals surface area contributed by atoms with E-state index in [4.69, 9.17) is 0 Å². The maximum absolute atomic E-state index is 3.31. The minimum atomic E-state index is 0.750. The van der Waals surface area contributed by atoms with E-state index in [0.717, 1.165) is 11.3 Å². The molecule has 1 N–H and O–H groups in total. The first-order valence-corrected chi connectivity index (χ1v) is 3.89. The van der Waals surface area contributed by atoms with Gasteiger partial charge in [0, 0.05) is 6.54 Å². The van der Waals surface area contributed by atoms with Crippen LogP contribution in [0.5, 0.6) is 0 Å². The fourth-order valence-corrected chi connectivity index (χ4v) is 1.59. The zero-order valence-electron chi connectivity index (χ0n) is 4.77. The molecule has 42 valence electrons. The minimum absolute atomic E-state index is 0.750. The Hall–Kier alpha value is 0.310. The highest BCUT2D eigenvalue weighted by Gasteiger charge is 2.23. The number of nitrogens with one attached hydrogen (secondary N) is 1. The van der Waals surface area contributed by atoms with Gasteiger partial charge >= 0.3 is 0 Å². The molecule has 2 atom stereocenters. The Bertz CT molecular complexity index is 63.1. The molecule has 2 unspecified atom stereocenters. The van der Waals surface area contributed by atoms with Gasteiger partial charge in [0.15, 0.2) is 0 Å². The summed E-state index contributed by atoms with van der Waals surface area (Å²) in [6.07, 6.45) is 2.15. The molecular formula is C5H11NS. The van der Waals surface area contributed by atoms with Crippen LogP contribution in [0.3, 0.4) is 0 Å². The lowest BCUT2D eigenvalue weighted by Crippen LogP contribution is -2.48. The van der Waals surface area contributed by atoms with Gasteiger partial charge in [-0.05, 0) is 12.2 Å². The summed E-state index contributed by atoms with van der Waals surface area (Å²) in [5.74, 6) is 0.898. The Balaban J connectivity index is 2.16. The fourth-order valence-electron chi connectivity index (χ4n) is 0.765. The molecule has 0 aromatic rings. The topological polar surface area (TPSA) is 12.0 Å². The molecule has 0 saturated carbocycles. The van der Waals surface area contributed by atoms with Crippen LogP contribution in [0.1, 0.15) is 6.92 Å². The van der Waals surface area contributed by atoms with E-state index in [2.05, 4.69) is 18.5 Å². The number of thioether (sulfide) groups is 1. The Labute approximate surface area is 48.9 Å². The van der Waals surface area contributed by atoms with Crippen LogP contribution in [0.4, 0.5) is 0 Å².